The number of rotatable bonds is 5. The number of hydrogen-bond acceptors (Lipinski definition) is 5. The number of anilines is 1. The van der Waals surface area contributed by atoms with Crippen LogP contribution in [-0.2, 0) is 4.79 Å². The van der Waals surface area contributed by atoms with Crippen LogP contribution in [0.1, 0.15) is 42.2 Å². The summed E-state index contributed by atoms with van der Waals surface area (Å²) in [6.45, 7) is 2.48. The summed E-state index contributed by atoms with van der Waals surface area (Å²) in [4.78, 5) is 33.7. The minimum atomic E-state index is -2.80. The molecule has 1 saturated heterocycles. The number of methoxy groups -OCH3 is 1. The van der Waals surface area contributed by atoms with Crippen molar-refractivity contribution in [1.29, 1.82) is 0 Å². The zero-order valence-electron chi connectivity index (χ0n) is 15.5. The highest BCUT2D eigenvalue weighted by Crippen LogP contribution is 2.36. The predicted molar refractivity (Wildman–Crippen MR) is 98.2 cm³/mol. The van der Waals surface area contributed by atoms with Crippen LogP contribution in [0.5, 0.6) is 5.75 Å². The lowest BCUT2D eigenvalue weighted by Crippen LogP contribution is -2.38. The molecular formula is C19H20F2N4O3. The second-order valence-corrected chi connectivity index (χ2v) is 6.71. The Hall–Kier alpha value is -3.10. The molecule has 0 spiro atoms. The first-order valence-corrected chi connectivity index (χ1v) is 8.74. The minimum absolute atomic E-state index is 0.0336. The number of aromatic nitrogens is 2. The van der Waals surface area contributed by atoms with Gasteiger partial charge in [0.1, 0.15) is 17.3 Å². The summed E-state index contributed by atoms with van der Waals surface area (Å²) in [6.07, 6.45) is 0.820. The third kappa shape index (κ3) is 3.78. The average Bonchev–Trinajstić information content (AvgIpc) is 2.66. The molecule has 0 bridgehead atoms. The maximum absolute atomic E-state index is 13.2. The lowest BCUT2D eigenvalue weighted by molar-refractivity contribution is -0.120. The number of pyridine rings is 2. The quantitative estimate of drug-likeness (QED) is 0.846. The molecule has 0 saturated carbocycles. The second-order valence-electron chi connectivity index (χ2n) is 6.71. The summed E-state index contributed by atoms with van der Waals surface area (Å²) in [5.41, 5.74) is 5.50. The van der Waals surface area contributed by atoms with E-state index >= 15 is 0 Å². The molecule has 1 fully saturated rings. The zero-order chi connectivity index (χ0) is 20.4. The van der Waals surface area contributed by atoms with Crippen molar-refractivity contribution in [3.8, 4) is 16.9 Å². The lowest BCUT2D eigenvalue weighted by Gasteiger charge is -2.29. The molecule has 28 heavy (non-hydrogen) atoms. The average molecular weight is 390 g/mol. The first kappa shape index (κ1) is 19.7. The van der Waals surface area contributed by atoms with Crippen molar-refractivity contribution in [3.63, 3.8) is 0 Å². The third-order valence-electron chi connectivity index (χ3n) is 4.72. The Labute approximate surface area is 160 Å². The van der Waals surface area contributed by atoms with Gasteiger partial charge in [0.15, 0.2) is 0 Å². The number of alkyl halides is 2. The van der Waals surface area contributed by atoms with Crippen LogP contribution in [-0.4, -0.2) is 35.4 Å². The molecule has 1 aliphatic heterocycles. The van der Waals surface area contributed by atoms with E-state index in [0.717, 1.165) is 18.7 Å². The van der Waals surface area contributed by atoms with Gasteiger partial charge in [-0.3, -0.25) is 19.5 Å². The van der Waals surface area contributed by atoms with E-state index in [2.05, 4.69) is 9.97 Å². The first-order chi connectivity index (χ1) is 13.3. The number of halogens is 2. The van der Waals surface area contributed by atoms with Gasteiger partial charge in [0.2, 0.25) is 5.91 Å². The molecule has 2 aromatic rings. The highest BCUT2D eigenvalue weighted by atomic mass is 19.3. The van der Waals surface area contributed by atoms with Crippen molar-refractivity contribution in [2.45, 2.75) is 26.2 Å². The molecule has 0 radical (unpaired) electrons. The Balaban J connectivity index is 2.15. The number of carbonyl (C=O) groups excluding carboxylic acids is 2. The molecule has 2 N–H and O–H groups in total. The van der Waals surface area contributed by atoms with E-state index in [0.29, 0.717) is 18.8 Å². The van der Waals surface area contributed by atoms with Crippen LogP contribution in [0, 0.1) is 5.92 Å². The fourth-order valence-electron chi connectivity index (χ4n) is 3.19. The molecule has 1 aliphatic rings. The third-order valence-corrected chi connectivity index (χ3v) is 4.72. The highest BCUT2D eigenvalue weighted by molar-refractivity contribution is 6.02. The van der Waals surface area contributed by atoms with Gasteiger partial charge in [-0.15, -0.1) is 0 Å². The number of amides is 2. The van der Waals surface area contributed by atoms with Gasteiger partial charge in [-0.2, -0.15) is 0 Å². The van der Waals surface area contributed by atoms with Crippen LogP contribution < -0.4 is 15.4 Å². The summed E-state index contributed by atoms with van der Waals surface area (Å²) in [7, 11) is 1.37. The highest BCUT2D eigenvalue weighted by Gasteiger charge is 2.27. The van der Waals surface area contributed by atoms with E-state index in [9.17, 15) is 18.4 Å². The molecular weight excluding hydrogens is 370 g/mol. The SMILES string of the molecule is COc1cnc(C(F)F)cc1-c1cc(N2CCC(C)CC2=O)ncc1C(N)=O. The summed E-state index contributed by atoms with van der Waals surface area (Å²) in [5, 5.41) is 0. The van der Waals surface area contributed by atoms with Crippen molar-refractivity contribution in [3.05, 3.63) is 35.8 Å². The first-order valence-electron chi connectivity index (χ1n) is 8.74. The molecule has 7 nitrogen and oxygen atoms in total. The smallest absolute Gasteiger partial charge is 0.280 e. The van der Waals surface area contributed by atoms with Crippen molar-refractivity contribution < 1.29 is 23.1 Å². The Morgan fingerprint density at radius 2 is 2.04 bits per heavy atom. The fraction of sp³-hybridized carbons (Fsp3) is 0.368. The number of nitrogens with zero attached hydrogens (tertiary/aromatic N) is 3. The fourth-order valence-corrected chi connectivity index (χ4v) is 3.19. The zero-order valence-corrected chi connectivity index (χ0v) is 15.5. The van der Waals surface area contributed by atoms with E-state index in [1.807, 2.05) is 6.92 Å². The standard InChI is InChI=1S/C19H20F2N4O3/c1-10-3-4-25(17(26)5-10)16-7-11(13(8-24-16)19(22)27)12-6-14(18(20)21)23-9-15(12)28-2/h6-10,18H,3-5H2,1-2H3,(H2,22,27). The van der Waals surface area contributed by atoms with Crippen LogP contribution >= 0.6 is 0 Å². The number of ether oxygens (including phenoxy) is 1. The van der Waals surface area contributed by atoms with Crippen molar-refractivity contribution in [1.82, 2.24) is 9.97 Å². The van der Waals surface area contributed by atoms with Crippen LogP contribution in [0.25, 0.3) is 11.1 Å². The van der Waals surface area contributed by atoms with Gasteiger partial charge in [0, 0.05) is 30.3 Å². The van der Waals surface area contributed by atoms with E-state index in [-0.39, 0.29) is 34.3 Å². The molecule has 1 atom stereocenters. The van der Waals surface area contributed by atoms with Gasteiger partial charge in [-0.25, -0.2) is 13.8 Å². The molecule has 3 rings (SSSR count). The van der Waals surface area contributed by atoms with Gasteiger partial charge in [-0.1, -0.05) is 6.92 Å². The molecule has 2 amide bonds. The normalized spacial score (nSPS) is 17.1. The number of piperidine rings is 1. The molecule has 1 unspecified atom stereocenters. The van der Waals surface area contributed by atoms with Gasteiger partial charge in [-0.05, 0) is 24.5 Å². The molecule has 148 valence electrons. The van der Waals surface area contributed by atoms with E-state index in [4.69, 9.17) is 10.5 Å². The van der Waals surface area contributed by atoms with Crippen molar-refractivity contribution >= 4 is 17.6 Å². The maximum Gasteiger partial charge on any atom is 0.280 e. The second kappa shape index (κ2) is 7.87. The molecule has 3 heterocycles. The largest absolute Gasteiger partial charge is 0.494 e. The topological polar surface area (TPSA) is 98.4 Å². The Morgan fingerprint density at radius 1 is 1.29 bits per heavy atom. The number of hydrogen-bond donors (Lipinski definition) is 1. The lowest BCUT2D eigenvalue weighted by atomic mass is 9.97. The molecule has 2 aromatic heterocycles. The Bertz CT molecular complexity index is 920. The van der Waals surface area contributed by atoms with Gasteiger partial charge < -0.3 is 10.5 Å². The Kier molecular flexibility index (Phi) is 5.53. The van der Waals surface area contributed by atoms with Crippen LogP contribution in [0.15, 0.2) is 24.5 Å². The van der Waals surface area contributed by atoms with E-state index < -0.39 is 18.0 Å². The molecule has 0 aromatic carbocycles. The van der Waals surface area contributed by atoms with Crippen LogP contribution in [0.4, 0.5) is 14.6 Å². The summed E-state index contributed by atoms with van der Waals surface area (Å²) in [6, 6.07) is 2.65. The van der Waals surface area contributed by atoms with Gasteiger partial charge >= 0.3 is 0 Å². The number of primary amides is 1. The summed E-state index contributed by atoms with van der Waals surface area (Å²) < 4.78 is 31.5. The summed E-state index contributed by atoms with van der Waals surface area (Å²) >= 11 is 0. The van der Waals surface area contributed by atoms with Gasteiger partial charge in [0.25, 0.3) is 12.3 Å². The van der Waals surface area contributed by atoms with Crippen molar-refractivity contribution in [2.75, 3.05) is 18.6 Å². The predicted octanol–water partition coefficient (Wildman–Crippen LogP) is 2.95. The van der Waals surface area contributed by atoms with E-state index in [1.165, 1.54) is 24.3 Å². The van der Waals surface area contributed by atoms with Crippen LogP contribution in [0.3, 0.4) is 0 Å². The van der Waals surface area contributed by atoms with E-state index in [1.54, 1.807) is 0 Å². The summed E-state index contributed by atoms with van der Waals surface area (Å²) in [5.74, 6) is -0.0527. The molecule has 9 heteroatoms. The Morgan fingerprint density at radius 3 is 2.64 bits per heavy atom. The van der Waals surface area contributed by atoms with Crippen molar-refractivity contribution in [2.24, 2.45) is 11.7 Å². The number of nitrogens with two attached hydrogens (primary N) is 1. The monoisotopic (exact) mass is 390 g/mol. The minimum Gasteiger partial charge on any atom is -0.494 e. The van der Waals surface area contributed by atoms with Crippen LogP contribution in [0.2, 0.25) is 0 Å². The molecule has 0 aliphatic carbocycles. The maximum atomic E-state index is 13.2. The number of carbonyl (C=O) groups is 2. The van der Waals surface area contributed by atoms with Gasteiger partial charge in [0.05, 0.1) is 18.9 Å².